The summed E-state index contributed by atoms with van der Waals surface area (Å²) in [6, 6.07) is 3.32. The molecule has 3 aromatic heterocycles. The number of carbonyl (C=O) groups is 1. The lowest BCUT2D eigenvalue weighted by molar-refractivity contribution is 0.101. The van der Waals surface area contributed by atoms with E-state index < -0.39 is 0 Å². The monoisotopic (exact) mass is 326 g/mol. The maximum atomic E-state index is 12.5. The molecule has 0 saturated heterocycles. The Bertz CT molecular complexity index is 909. The first-order valence-electron chi connectivity index (χ1n) is 7.93. The van der Waals surface area contributed by atoms with Crippen LogP contribution in [0.5, 0.6) is 5.88 Å². The van der Waals surface area contributed by atoms with Gasteiger partial charge in [0.15, 0.2) is 5.65 Å². The van der Waals surface area contributed by atoms with E-state index in [2.05, 4.69) is 25.6 Å². The fourth-order valence-corrected chi connectivity index (χ4v) is 2.78. The predicted octanol–water partition coefficient (Wildman–Crippen LogP) is 2.18. The number of aryl methyl sites for hydroxylation is 2. The number of ether oxygens (including phenoxy) is 1. The summed E-state index contributed by atoms with van der Waals surface area (Å²) in [5.74, 6) is 0.781. The van der Waals surface area contributed by atoms with Crippen LogP contribution in [0.2, 0.25) is 0 Å². The van der Waals surface area contributed by atoms with Gasteiger partial charge in [0.2, 0.25) is 5.88 Å². The number of carbonyl (C=O) groups excluding carboxylic acids is 1. The molecule has 0 unspecified atom stereocenters. The van der Waals surface area contributed by atoms with Crippen molar-refractivity contribution in [1.29, 1.82) is 0 Å². The van der Waals surface area contributed by atoms with Crippen molar-refractivity contribution in [3.05, 3.63) is 29.6 Å². The molecule has 0 aromatic carbocycles. The van der Waals surface area contributed by atoms with E-state index in [4.69, 9.17) is 4.74 Å². The van der Waals surface area contributed by atoms with E-state index in [0.29, 0.717) is 22.9 Å². The number of nitrogens with one attached hydrogen (secondary N) is 2. The Kier molecular flexibility index (Phi) is 3.44. The smallest absolute Gasteiger partial charge is 0.257 e. The predicted molar refractivity (Wildman–Crippen MR) is 88.1 cm³/mol. The highest BCUT2D eigenvalue weighted by molar-refractivity contribution is 6.08. The quantitative estimate of drug-likeness (QED) is 0.766. The topological polar surface area (TPSA) is 97.7 Å². The SMILES string of the molecule is Cc1nn(C)c2n[nH]c(NC(=O)c3ccnc(OC4CCC4)c3)c12. The lowest BCUT2D eigenvalue weighted by atomic mass is 9.96. The van der Waals surface area contributed by atoms with Gasteiger partial charge in [0.05, 0.1) is 11.1 Å². The van der Waals surface area contributed by atoms with Crippen molar-refractivity contribution >= 4 is 22.8 Å². The standard InChI is InChI=1S/C16H18N6O2/c1-9-13-14(19-20-15(13)22(2)21-9)18-16(23)10-6-7-17-12(8-10)24-11-4-3-5-11/h6-8,11H,3-5H2,1-2H3,(H2,18,19,20,23). The number of pyridine rings is 1. The Labute approximate surface area is 138 Å². The van der Waals surface area contributed by atoms with Crippen LogP contribution in [0.25, 0.3) is 11.0 Å². The summed E-state index contributed by atoms with van der Waals surface area (Å²) in [6.45, 7) is 1.88. The van der Waals surface area contributed by atoms with E-state index >= 15 is 0 Å². The molecule has 1 saturated carbocycles. The Balaban J connectivity index is 1.56. The summed E-state index contributed by atoms with van der Waals surface area (Å²) in [7, 11) is 1.81. The van der Waals surface area contributed by atoms with Crippen molar-refractivity contribution in [2.45, 2.75) is 32.3 Å². The van der Waals surface area contributed by atoms with Crippen LogP contribution in [0.1, 0.15) is 35.3 Å². The number of amides is 1. The molecule has 0 radical (unpaired) electrons. The summed E-state index contributed by atoms with van der Waals surface area (Å²) in [5.41, 5.74) is 2.00. The second kappa shape index (κ2) is 5.63. The van der Waals surface area contributed by atoms with E-state index in [-0.39, 0.29) is 12.0 Å². The number of hydrogen-bond acceptors (Lipinski definition) is 5. The second-order valence-electron chi connectivity index (χ2n) is 6.01. The van der Waals surface area contributed by atoms with Gasteiger partial charge >= 0.3 is 0 Å². The average Bonchev–Trinajstić information content (AvgIpc) is 3.06. The fourth-order valence-electron chi connectivity index (χ4n) is 2.78. The van der Waals surface area contributed by atoms with Crippen LogP contribution in [0.4, 0.5) is 5.82 Å². The van der Waals surface area contributed by atoms with Crippen LogP contribution in [-0.4, -0.2) is 37.0 Å². The number of aromatic amines is 1. The molecule has 0 aliphatic heterocycles. The number of anilines is 1. The van der Waals surface area contributed by atoms with Gasteiger partial charge in [-0.25, -0.2) is 9.67 Å². The van der Waals surface area contributed by atoms with Gasteiger partial charge in [-0.3, -0.25) is 9.89 Å². The minimum absolute atomic E-state index is 0.223. The number of aromatic nitrogens is 5. The first-order valence-corrected chi connectivity index (χ1v) is 7.93. The molecular weight excluding hydrogens is 308 g/mol. The van der Waals surface area contributed by atoms with E-state index in [1.165, 1.54) is 6.42 Å². The van der Waals surface area contributed by atoms with Gasteiger partial charge in [-0.05, 0) is 32.3 Å². The van der Waals surface area contributed by atoms with Gasteiger partial charge in [0.25, 0.3) is 5.91 Å². The maximum absolute atomic E-state index is 12.5. The molecule has 2 N–H and O–H groups in total. The van der Waals surface area contributed by atoms with Crippen LogP contribution in [-0.2, 0) is 7.05 Å². The summed E-state index contributed by atoms with van der Waals surface area (Å²) in [6.07, 6.45) is 5.09. The minimum Gasteiger partial charge on any atom is -0.474 e. The highest BCUT2D eigenvalue weighted by Crippen LogP contribution is 2.25. The fraction of sp³-hybridized carbons (Fsp3) is 0.375. The highest BCUT2D eigenvalue weighted by Gasteiger charge is 2.21. The van der Waals surface area contributed by atoms with Crippen LogP contribution in [0, 0.1) is 6.92 Å². The van der Waals surface area contributed by atoms with Crippen molar-refractivity contribution in [3.8, 4) is 5.88 Å². The summed E-state index contributed by atoms with van der Waals surface area (Å²) < 4.78 is 7.42. The molecule has 0 spiro atoms. The van der Waals surface area contributed by atoms with Crippen LogP contribution >= 0.6 is 0 Å². The second-order valence-corrected chi connectivity index (χ2v) is 6.01. The van der Waals surface area contributed by atoms with Crippen molar-refractivity contribution in [2.24, 2.45) is 7.05 Å². The number of H-pyrrole nitrogens is 1. The molecule has 0 bridgehead atoms. The van der Waals surface area contributed by atoms with Gasteiger partial charge in [-0.15, -0.1) is 0 Å². The molecule has 4 rings (SSSR count). The number of fused-ring (bicyclic) bond motifs is 1. The zero-order chi connectivity index (χ0) is 16.7. The lowest BCUT2D eigenvalue weighted by Gasteiger charge is -2.25. The third-order valence-electron chi connectivity index (χ3n) is 4.29. The number of rotatable bonds is 4. The van der Waals surface area contributed by atoms with Crippen molar-refractivity contribution < 1.29 is 9.53 Å². The van der Waals surface area contributed by atoms with Crippen molar-refractivity contribution in [1.82, 2.24) is 25.0 Å². The van der Waals surface area contributed by atoms with Crippen LogP contribution in [0.3, 0.4) is 0 Å². The molecule has 1 fully saturated rings. The largest absolute Gasteiger partial charge is 0.474 e. The lowest BCUT2D eigenvalue weighted by Crippen LogP contribution is -2.25. The first kappa shape index (κ1) is 14.7. The van der Waals surface area contributed by atoms with E-state index in [9.17, 15) is 4.79 Å². The van der Waals surface area contributed by atoms with Gasteiger partial charge in [0.1, 0.15) is 11.9 Å². The van der Waals surface area contributed by atoms with E-state index in [1.54, 1.807) is 23.0 Å². The molecular formula is C16H18N6O2. The van der Waals surface area contributed by atoms with E-state index in [1.807, 2.05) is 14.0 Å². The van der Waals surface area contributed by atoms with Crippen molar-refractivity contribution in [3.63, 3.8) is 0 Å². The zero-order valence-electron chi connectivity index (χ0n) is 13.5. The molecule has 24 heavy (non-hydrogen) atoms. The third kappa shape index (κ3) is 2.49. The number of nitrogens with zero attached hydrogens (tertiary/aromatic N) is 4. The molecule has 124 valence electrons. The Morgan fingerprint density at radius 2 is 2.29 bits per heavy atom. The number of hydrogen-bond donors (Lipinski definition) is 2. The maximum Gasteiger partial charge on any atom is 0.257 e. The highest BCUT2D eigenvalue weighted by atomic mass is 16.5. The average molecular weight is 326 g/mol. The molecule has 1 aliphatic rings. The zero-order valence-corrected chi connectivity index (χ0v) is 13.5. The first-order chi connectivity index (χ1) is 11.6. The van der Waals surface area contributed by atoms with Gasteiger partial charge in [-0.1, -0.05) is 0 Å². The van der Waals surface area contributed by atoms with Gasteiger partial charge in [-0.2, -0.15) is 10.2 Å². The molecule has 1 amide bonds. The summed E-state index contributed by atoms with van der Waals surface area (Å²) >= 11 is 0. The minimum atomic E-state index is -0.246. The summed E-state index contributed by atoms with van der Waals surface area (Å²) in [5, 5.41) is 15.0. The normalized spacial score (nSPS) is 14.6. The molecule has 3 heterocycles. The Hall–Kier alpha value is -2.90. The summed E-state index contributed by atoms with van der Waals surface area (Å²) in [4.78, 5) is 16.7. The molecule has 8 heteroatoms. The Morgan fingerprint density at radius 3 is 3.04 bits per heavy atom. The molecule has 1 aliphatic carbocycles. The van der Waals surface area contributed by atoms with E-state index in [0.717, 1.165) is 23.9 Å². The van der Waals surface area contributed by atoms with Crippen LogP contribution < -0.4 is 10.1 Å². The Morgan fingerprint density at radius 1 is 1.46 bits per heavy atom. The van der Waals surface area contributed by atoms with Gasteiger partial charge < -0.3 is 10.1 Å². The molecule has 8 nitrogen and oxygen atoms in total. The third-order valence-corrected chi connectivity index (χ3v) is 4.29. The van der Waals surface area contributed by atoms with Crippen molar-refractivity contribution in [2.75, 3.05) is 5.32 Å². The molecule has 3 aromatic rings. The van der Waals surface area contributed by atoms with Gasteiger partial charge in [0, 0.05) is 24.9 Å². The molecule has 0 atom stereocenters. The van der Waals surface area contributed by atoms with Crippen LogP contribution in [0.15, 0.2) is 18.3 Å².